The number of likely N-dealkylation sites (tertiary alicyclic amines) is 1. The van der Waals surface area contributed by atoms with Crippen LogP contribution in [0.5, 0.6) is 0 Å². The summed E-state index contributed by atoms with van der Waals surface area (Å²) in [4.78, 5) is 35.2. The molecule has 14 heteroatoms. The van der Waals surface area contributed by atoms with Crippen molar-refractivity contribution < 1.29 is 36.6 Å². The third kappa shape index (κ3) is 6.01. The van der Waals surface area contributed by atoms with Crippen LogP contribution in [0.15, 0.2) is 12.3 Å². The standard InChI is InChI=1S/C25H28F5N5O3S/c1-12-8-24(26,27)11-35(12)23(38)19-20(39-22(34-19)21(37)33-16-3-2-4-17(16)36)14-10-32-18(31-9-13-5-6-13)7-15(14)25(28,29)30/h7,10,12-13,16-17,36H,2-6,8-9,11H2,1H3,(H,31,32)(H,33,37). The van der Waals surface area contributed by atoms with Crippen LogP contribution in [0.4, 0.5) is 27.8 Å². The second-order valence-corrected chi connectivity index (χ2v) is 11.6. The molecule has 0 radical (unpaired) electrons. The predicted octanol–water partition coefficient (Wildman–Crippen LogP) is 4.56. The van der Waals surface area contributed by atoms with E-state index in [9.17, 15) is 36.6 Å². The lowest BCUT2D eigenvalue weighted by molar-refractivity contribution is -0.137. The molecule has 0 bridgehead atoms. The Balaban J connectivity index is 1.55. The van der Waals surface area contributed by atoms with Crippen molar-refractivity contribution in [2.24, 2.45) is 5.92 Å². The molecule has 39 heavy (non-hydrogen) atoms. The summed E-state index contributed by atoms with van der Waals surface area (Å²) in [5, 5.41) is 15.3. The summed E-state index contributed by atoms with van der Waals surface area (Å²) >= 11 is 0.558. The molecule has 3 aliphatic rings. The maximum Gasteiger partial charge on any atom is 0.417 e. The molecule has 8 nitrogen and oxygen atoms in total. The molecular weight excluding hydrogens is 545 g/mol. The van der Waals surface area contributed by atoms with E-state index in [-0.39, 0.29) is 15.7 Å². The summed E-state index contributed by atoms with van der Waals surface area (Å²) in [6.45, 7) is 0.990. The van der Waals surface area contributed by atoms with Crippen molar-refractivity contribution in [1.29, 1.82) is 0 Å². The lowest BCUT2D eigenvalue weighted by Crippen LogP contribution is -2.40. The summed E-state index contributed by atoms with van der Waals surface area (Å²) < 4.78 is 70.8. The largest absolute Gasteiger partial charge is 0.417 e. The van der Waals surface area contributed by atoms with Gasteiger partial charge in [0.15, 0.2) is 5.01 Å². The van der Waals surface area contributed by atoms with Gasteiger partial charge in [-0.05, 0) is 51.0 Å². The van der Waals surface area contributed by atoms with Crippen LogP contribution in [-0.2, 0) is 6.18 Å². The fourth-order valence-electron chi connectivity index (χ4n) is 5.04. The zero-order valence-corrected chi connectivity index (χ0v) is 21.8. The van der Waals surface area contributed by atoms with E-state index in [0.29, 0.717) is 43.1 Å². The fraction of sp³-hybridized carbons (Fsp3) is 0.600. The van der Waals surface area contributed by atoms with Gasteiger partial charge in [-0.1, -0.05) is 0 Å². The molecule has 2 amide bonds. The Labute approximate surface area is 225 Å². The molecule has 3 unspecified atom stereocenters. The van der Waals surface area contributed by atoms with Gasteiger partial charge in [0.25, 0.3) is 17.7 Å². The van der Waals surface area contributed by atoms with E-state index in [1.54, 1.807) is 0 Å². The van der Waals surface area contributed by atoms with Crippen LogP contribution in [0, 0.1) is 5.92 Å². The fourth-order valence-corrected chi connectivity index (χ4v) is 6.03. The van der Waals surface area contributed by atoms with Crippen LogP contribution in [0.2, 0.25) is 0 Å². The number of alkyl halides is 5. The molecule has 212 valence electrons. The van der Waals surface area contributed by atoms with E-state index in [2.05, 4.69) is 20.6 Å². The van der Waals surface area contributed by atoms with Gasteiger partial charge in [-0.25, -0.2) is 18.7 Å². The van der Waals surface area contributed by atoms with Crippen LogP contribution in [0.25, 0.3) is 10.4 Å². The summed E-state index contributed by atoms with van der Waals surface area (Å²) in [5.41, 5.74) is -2.09. The molecule has 3 heterocycles. The van der Waals surface area contributed by atoms with E-state index < -0.39 is 71.9 Å². The number of hydrogen-bond acceptors (Lipinski definition) is 7. The van der Waals surface area contributed by atoms with Crippen molar-refractivity contribution in [1.82, 2.24) is 20.2 Å². The highest BCUT2D eigenvalue weighted by atomic mass is 32.1. The molecule has 2 saturated carbocycles. The molecule has 1 aliphatic heterocycles. The molecule has 1 saturated heterocycles. The quantitative estimate of drug-likeness (QED) is 0.420. The molecule has 5 rings (SSSR count). The first kappa shape index (κ1) is 27.7. The molecule has 3 N–H and O–H groups in total. The number of aliphatic hydroxyl groups is 1. The molecule has 3 fully saturated rings. The van der Waals surface area contributed by atoms with Gasteiger partial charge in [-0.15, -0.1) is 11.3 Å². The maximum absolute atomic E-state index is 14.2. The van der Waals surface area contributed by atoms with Crippen molar-refractivity contribution >= 4 is 29.0 Å². The minimum absolute atomic E-state index is 0.0105. The summed E-state index contributed by atoms with van der Waals surface area (Å²) in [5.74, 6) is -4.52. The first-order chi connectivity index (χ1) is 18.3. The van der Waals surface area contributed by atoms with Crippen molar-refractivity contribution in [2.75, 3.05) is 18.4 Å². The van der Waals surface area contributed by atoms with Gasteiger partial charge >= 0.3 is 6.18 Å². The van der Waals surface area contributed by atoms with Gasteiger partial charge < -0.3 is 20.6 Å². The average molecular weight is 574 g/mol. The number of rotatable bonds is 7. The number of halogens is 5. The van der Waals surface area contributed by atoms with E-state index in [0.717, 1.165) is 30.0 Å². The Morgan fingerprint density at radius 3 is 2.56 bits per heavy atom. The van der Waals surface area contributed by atoms with Crippen molar-refractivity contribution in [3.63, 3.8) is 0 Å². The topological polar surface area (TPSA) is 107 Å². The molecule has 0 spiro atoms. The number of aliphatic hydroxyl groups excluding tert-OH is 1. The first-order valence-electron chi connectivity index (χ1n) is 12.8. The predicted molar refractivity (Wildman–Crippen MR) is 133 cm³/mol. The van der Waals surface area contributed by atoms with Crippen molar-refractivity contribution in [3.8, 4) is 10.4 Å². The highest BCUT2D eigenvalue weighted by Crippen LogP contribution is 2.43. The molecular formula is C25H28F5N5O3S. The number of thiazole rings is 1. The highest BCUT2D eigenvalue weighted by Gasteiger charge is 2.47. The van der Waals surface area contributed by atoms with E-state index in [1.165, 1.54) is 6.92 Å². The third-order valence-electron chi connectivity index (χ3n) is 7.33. The van der Waals surface area contributed by atoms with Crippen molar-refractivity contribution in [2.45, 2.75) is 75.7 Å². The van der Waals surface area contributed by atoms with Gasteiger partial charge in [0.1, 0.15) is 11.5 Å². The van der Waals surface area contributed by atoms with Gasteiger partial charge in [0.05, 0.1) is 29.1 Å². The Morgan fingerprint density at radius 1 is 1.23 bits per heavy atom. The lowest BCUT2D eigenvalue weighted by Gasteiger charge is -2.21. The monoisotopic (exact) mass is 573 g/mol. The number of carbonyl (C=O) groups excluding carboxylic acids is 2. The smallest absolute Gasteiger partial charge is 0.391 e. The zero-order valence-electron chi connectivity index (χ0n) is 21.0. The third-order valence-corrected chi connectivity index (χ3v) is 8.42. The second kappa shape index (κ2) is 10.3. The summed E-state index contributed by atoms with van der Waals surface area (Å²) in [6, 6.07) is -0.611. The number of hydrogen-bond donors (Lipinski definition) is 3. The Hall–Kier alpha value is -2.87. The van der Waals surface area contributed by atoms with Gasteiger partial charge in [0, 0.05) is 30.8 Å². The maximum atomic E-state index is 14.2. The number of pyridine rings is 1. The minimum atomic E-state index is -4.84. The van der Waals surface area contributed by atoms with Crippen LogP contribution in [0.3, 0.4) is 0 Å². The number of amides is 2. The molecule has 3 atom stereocenters. The molecule has 2 aromatic heterocycles. The number of carbonyl (C=O) groups is 2. The highest BCUT2D eigenvalue weighted by molar-refractivity contribution is 7.17. The van der Waals surface area contributed by atoms with Crippen LogP contribution in [0.1, 0.15) is 71.3 Å². The van der Waals surface area contributed by atoms with Crippen LogP contribution >= 0.6 is 11.3 Å². The number of nitrogens with zero attached hydrogens (tertiary/aromatic N) is 3. The van der Waals surface area contributed by atoms with Gasteiger partial charge in [0.2, 0.25) is 0 Å². The number of aromatic nitrogens is 2. The summed E-state index contributed by atoms with van der Waals surface area (Å²) in [7, 11) is 0. The van der Waals surface area contributed by atoms with E-state index >= 15 is 0 Å². The molecule has 2 aromatic rings. The molecule has 2 aliphatic carbocycles. The van der Waals surface area contributed by atoms with E-state index in [1.807, 2.05) is 0 Å². The number of anilines is 1. The first-order valence-corrected chi connectivity index (χ1v) is 13.6. The Morgan fingerprint density at radius 2 is 1.97 bits per heavy atom. The Kier molecular flexibility index (Phi) is 7.29. The van der Waals surface area contributed by atoms with Gasteiger partial charge in [-0.3, -0.25) is 9.59 Å². The van der Waals surface area contributed by atoms with Crippen LogP contribution in [-0.4, -0.2) is 69.0 Å². The molecule has 0 aromatic carbocycles. The summed E-state index contributed by atoms with van der Waals surface area (Å²) in [6.07, 6.45) is -1.60. The zero-order chi connectivity index (χ0) is 28.1. The SMILES string of the molecule is CC1CC(F)(F)CN1C(=O)c1nc(C(=O)NC2CCCC2O)sc1-c1cnc(NCC2CC2)cc1C(F)(F)F. The lowest BCUT2D eigenvalue weighted by atomic mass is 10.1. The minimum Gasteiger partial charge on any atom is -0.391 e. The normalized spacial score (nSPS) is 24.7. The second-order valence-electron chi connectivity index (χ2n) is 10.6. The van der Waals surface area contributed by atoms with Crippen LogP contribution < -0.4 is 10.6 Å². The average Bonchev–Trinajstić information content (AvgIpc) is 3.32. The Bertz CT molecular complexity index is 1270. The van der Waals surface area contributed by atoms with E-state index in [4.69, 9.17) is 0 Å². The van der Waals surface area contributed by atoms with Crippen molar-refractivity contribution in [3.05, 3.63) is 28.5 Å². The number of nitrogens with one attached hydrogen (secondary N) is 2. The van der Waals surface area contributed by atoms with Gasteiger partial charge in [-0.2, -0.15) is 13.2 Å².